The summed E-state index contributed by atoms with van der Waals surface area (Å²) in [6, 6.07) is 1.12. The molecule has 4 rings (SSSR count). The van der Waals surface area contributed by atoms with E-state index in [0.717, 1.165) is 25.5 Å². The smallest absolute Gasteiger partial charge is 0.407 e. The zero-order chi connectivity index (χ0) is 16.1. The van der Waals surface area contributed by atoms with Crippen LogP contribution < -0.4 is 0 Å². The number of carboxylic acid groups (broad SMARTS) is 1. The van der Waals surface area contributed by atoms with E-state index in [1.165, 1.54) is 11.0 Å². The molecule has 6 nitrogen and oxygen atoms in total. The van der Waals surface area contributed by atoms with Gasteiger partial charge in [0, 0.05) is 25.6 Å². The molecule has 3 heterocycles. The van der Waals surface area contributed by atoms with Crippen molar-refractivity contribution in [2.75, 3.05) is 19.6 Å². The minimum atomic E-state index is -0.933. The van der Waals surface area contributed by atoms with Crippen LogP contribution in [0.5, 0.6) is 0 Å². The molecule has 2 saturated heterocycles. The monoisotopic (exact) mass is 319 g/mol. The summed E-state index contributed by atoms with van der Waals surface area (Å²) in [6.45, 7) is 1.38. The van der Waals surface area contributed by atoms with Gasteiger partial charge in [0.05, 0.1) is 23.5 Å². The van der Waals surface area contributed by atoms with Gasteiger partial charge in [-0.1, -0.05) is 0 Å². The maximum absolute atomic E-state index is 13.6. The number of carbonyl (C=O) groups excluding carboxylic acids is 1. The van der Waals surface area contributed by atoms with Crippen LogP contribution in [-0.4, -0.2) is 57.6 Å². The molecule has 3 aliphatic rings. The van der Waals surface area contributed by atoms with Gasteiger partial charge < -0.3 is 14.9 Å². The molecule has 2 unspecified atom stereocenters. The molecule has 23 heavy (non-hydrogen) atoms. The number of rotatable bonds is 2. The Morgan fingerprint density at radius 3 is 2.74 bits per heavy atom. The fourth-order valence-corrected chi connectivity index (χ4v) is 3.83. The Morgan fingerprint density at radius 1 is 1.26 bits per heavy atom. The Labute approximate surface area is 132 Å². The lowest BCUT2D eigenvalue weighted by molar-refractivity contribution is 0.0662. The van der Waals surface area contributed by atoms with E-state index >= 15 is 0 Å². The predicted octanol–water partition coefficient (Wildman–Crippen LogP) is 1.92. The summed E-state index contributed by atoms with van der Waals surface area (Å²) in [5.74, 6) is -0.308. The minimum absolute atomic E-state index is 0.152. The standard InChI is InChI=1S/C16H18FN3O3/c17-11-4-13(14(18-5-11)10-1-2-10)15(21)19-6-9-3-12(8-19)20(7-9)16(22)23/h4-5,9-10,12H,1-3,6-8H2,(H,22,23). The van der Waals surface area contributed by atoms with Crippen LogP contribution in [0.15, 0.2) is 12.3 Å². The summed E-state index contributed by atoms with van der Waals surface area (Å²) in [5.41, 5.74) is 1.03. The number of fused-ring (bicyclic) bond motifs is 2. The summed E-state index contributed by atoms with van der Waals surface area (Å²) in [4.78, 5) is 31.3. The van der Waals surface area contributed by atoms with Crippen molar-refractivity contribution in [1.29, 1.82) is 0 Å². The highest BCUT2D eigenvalue weighted by molar-refractivity contribution is 5.95. The molecule has 0 aromatic carbocycles. The Bertz CT molecular complexity index is 677. The van der Waals surface area contributed by atoms with Gasteiger partial charge >= 0.3 is 6.09 Å². The molecule has 2 bridgehead atoms. The molecule has 122 valence electrons. The number of pyridine rings is 1. The Kier molecular flexibility index (Phi) is 3.25. The largest absolute Gasteiger partial charge is 0.465 e. The maximum Gasteiger partial charge on any atom is 0.407 e. The van der Waals surface area contributed by atoms with Gasteiger partial charge in [0.2, 0.25) is 0 Å². The minimum Gasteiger partial charge on any atom is -0.465 e. The fraction of sp³-hybridized carbons (Fsp3) is 0.562. The normalized spacial score (nSPS) is 26.5. The van der Waals surface area contributed by atoms with E-state index in [1.54, 1.807) is 4.90 Å². The molecule has 7 heteroatoms. The van der Waals surface area contributed by atoms with Gasteiger partial charge in [0.1, 0.15) is 5.82 Å². The van der Waals surface area contributed by atoms with E-state index in [2.05, 4.69) is 4.98 Å². The van der Waals surface area contributed by atoms with Crippen molar-refractivity contribution in [2.24, 2.45) is 5.92 Å². The summed E-state index contributed by atoms with van der Waals surface area (Å²) in [7, 11) is 0. The first-order valence-corrected chi connectivity index (χ1v) is 7.97. The highest BCUT2D eigenvalue weighted by Crippen LogP contribution is 2.41. The van der Waals surface area contributed by atoms with Crippen molar-refractivity contribution in [3.8, 4) is 0 Å². The van der Waals surface area contributed by atoms with Crippen LogP contribution in [0.4, 0.5) is 9.18 Å². The molecule has 0 spiro atoms. The summed E-state index contributed by atoms with van der Waals surface area (Å²) in [5, 5.41) is 9.23. The Hall–Kier alpha value is -2.18. The van der Waals surface area contributed by atoms with Crippen molar-refractivity contribution in [1.82, 2.24) is 14.8 Å². The number of piperidine rings is 1. The highest BCUT2D eigenvalue weighted by atomic mass is 19.1. The first kappa shape index (κ1) is 14.4. The van der Waals surface area contributed by atoms with Crippen molar-refractivity contribution in [3.05, 3.63) is 29.3 Å². The van der Waals surface area contributed by atoms with Crippen LogP contribution in [0, 0.1) is 11.7 Å². The molecule has 1 aliphatic carbocycles. The lowest BCUT2D eigenvalue weighted by atomic mass is 9.98. The molecular weight excluding hydrogens is 301 g/mol. The van der Waals surface area contributed by atoms with Crippen LogP contribution in [-0.2, 0) is 0 Å². The van der Waals surface area contributed by atoms with E-state index in [4.69, 9.17) is 0 Å². The summed E-state index contributed by atoms with van der Waals surface area (Å²) in [6.07, 6.45) is 3.00. The lowest BCUT2D eigenvalue weighted by Gasteiger charge is -2.32. The molecule has 2 aliphatic heterocycles. The zero-order valence-electron chi connectivity index (χ0n) is 12.6. The van der Waals surface area contributed by atoms with E-state index < -0.39 is 11.9 Å². The van der Waals surface area contributed by atoms with E-state index in [0.29, 0.717) is 30.9 Å². The second kappa shape index (κ2) is 5.18. The van der Waals surface area contributed by atoms with Crippen molar-refractivity contribution in [2.45, 2.75) is 31.2 Å². The molecule has 1 N–H and O–H groups in total. The van der Waals surface area contributed by atoms with Gasteiger partial charge in [0.15, 0.2) is 0 Å². The summed E-state index contributed by atoms with van der Waals surface area (Å²) >= 11 is 0. The number of likely N-dealkylation sites (tertiary alicyclic amines) is 2. The van der Waals surface area contributed by atoms with Crippen molar-refractivity contribution >= 4 is 12.0 Å². The lowest BCUT2D eigenvalue weighted by Crippen LogP contribution is -2.46. The summed E-state index contributed by atoms with van der Waals surface area (Å²) < 4.78 is 13.6. The Morgan fingerprint density at radius 2 is 2.04 bits per heavy atom. The van der Waals surface area contributed by atoms with Crippen LogP contribution >= 0.6 is 0 Å². The maximum atomic E-state index is 13.6. The van der Waals surface area contributed by atoms with Gasteiger partial charge in [-0.05, 0) is 31.2 Å². The number of halogens is 1. The van der Waals surface area contributed by atoms with Gasteiger partial charge in [-0.2, -0.15) is 0 Å². The second-order valence-electron chi connectivity index (χ2n) is 6.76. The van der Waals surface area contributed by atoms with Crippen molar-refractivity contribution in [3.63, 3.8) is 0 Å². The highest BCUT2D eigenvalue weighted by Gasteiger charge is 2.43. The topological polar surface area (TPSA) is 73.7 Å². The number of aromatic nitrogens is 1. The molecule has 1 aromatic heterocycles. The van der Waals surface area contributed by atoms with E-state index in [1.807, 2.05) is 0 Å². The van der Waals surface area contributed by atoms with Crippen LogP contribution in [0.25, 0.3) is 0 Å². The predicted molar refractivity (Wildman–Crippen MR) is 78.7 cm³/mol. The molecule has 1 aromatic rings. The van der Waals surface area contributed by atoms with E-state index in [-0.39, 0.29) is 23.8 Å². The first-order chi connectivity index (χ1) is 11.0. The molecule has 1 saturated carbocycles. The van der Waals surface area contributed by atoms with E-state index in [9.17, 15) is 19.1 Å². The number of hydrogen-bond donors (Lipinski definition) is 1. The average Bonchev–Trinajstić information content (AvgIpc) is 3.31. The molecule has 3 fully saturated rings. The quantitative estimate of drug-likeness (QED) is 0.904. The Balaban J connectivity index is 1.59. The van der Waals surface area contributed by atoms with Gasteiger partial charge in [-0.25, -0.2) is 9.18 Å². The van der Waals surface area contributed by atoms with Gasteiger partial charge in [0.25, 0.3) is 5.91 Å². The number of amides is 2. The molecule has 0 radical (unpaired) electrons. The van der Waals surface area contributed by atoms with Gasteiger partial charge in [-0.3, -0.25) is 9.78 Å². The van der Waals surface area contributed by atoms with Crippen LogP contribution in [0.1, 0.15) is 41.2 Å². The SMILES string of the molecule is O=C(c1cc(F)cnc1C1CC1)N1CC2CC(C1)N(C(=O)O)C2. The fourth-order valence-electron chi connectivity index (χ4n) is 3.83. The van der Waals surface area contributed by atoms with Crippen molar-refractivity contribution < 1.29 is 19.1 Å². The first-order valence-electron chi connectivity index (χ1n) is 7.97. The zero-order valence-corrected chi connectivity index (χ0v) is 12.6. The molecule has 2 atom stereocenters. The number of nitrogens with zero attached hydrogens (tertiary/aromatic N) is 3. The van der Waals surface area contributed by atoms with Crippen LogP contribution in [0.3, 0.4) is 0 Å². The number of carbonyl (C=O) groups is 2. The third-order valence-electron chi connectivity index (χ3n) is 5.02. The molecule has 2 amide bonds. The molecular formula is C16H18FN3O3. The number of hydrogen-bond acceptors (Lipinski definition) is 3. The third-order valence-corrected chi connectivity index (χ3v) is 5.02. The average molecular weight is 319 g/mol. The van der Waals surface area contributed by atoms with Crippen LogP contribution in [0.2, 0.25) is 0 Å². The van der Waals surface area contributed by atoms with Gasteiger partial charge in [-0.15, -0.1) is 0 Å². The second-order valence-corrected chi connectivity index (χ2v) is 6.76. The third kappa shape index (κ3) is 2.54.